The molecule has 0 unspecified atom stereocenters. The van der Waals surface area contributed by atoms with E-state index < -0.39 is 29.9 Å². The van der Waals surface area contributed by atoms with Gasteiger partial charge in [-0.05, 0) is 0 Å². The third kappa shape index (κ3) is 3.51. The Hall–Kier alpha value is -0.510. The van der Waals surface area contributed by atoms with Crippen molar-refractivity contribution in [3.8, 4) is 0 Å². The zero-order chi connectivity index (χ0) is 12.2. The first-order chi connectivity index (χ1) is 7.49. The van der Waals surface area contributed by atoms with E-state index in [9.17, 15) is 13.5 Å². The Labute approximate surface area is 101 Å². The van der Waals surface area contributed by atoms with Gasteiger partial charge < -0.3 is 0 Å². The van der Waals surface area contributed by atoms with Gasteiger partial charge in [-0.25, -0.2) is 0 Å². The Morgan fingerprint density at radius 2 is 2.19 bits per heavy atom. The number of alkyl halides is 1. The van der Waals surface area contributed by atoms with E-state index in [0.29, 0.717) is 0 Å². The fourth-order valence-electron chi connectivity index (χ4n) is 1.05. The van der Waals surface area contributed by atoms with Crippen LogP contribution in [0.4, 0.5) is 0 Å². The number of halogens is 1. The van der Waals surface area contributed by atoms with Crippen LogP contribution in [0.5, 0.6) is 0 Å². The first kappa shape index (κ1) is 13.6. The van der Waals surface area contributed by atoms with Crippen LogP contribution < -0.4 is 0 Å². The van der Waals surface area contributed by atoms with E-state index in [0.717, 1.165) is 3.57 Å². The van der Waals surface area contributed by atoms with E-state index in [-0.39, 0.29) is 9.51 Å². The molecule has 2 N–H and O–H groups in total. The Morgan fingerprint density at radius 1 is 1.50 bits per heavy atom. The fraction of sp³-hybridized carbons (Fsp3) is 0.222. The average Bonchev–Trinajstić information content (AvgIpc) is 2.25. The summed E-state index contributed by atoms with van der Waals surface area (Å²) in [5.41, 5.74) is 0. The van der Waals surface area contributed by atoms with Crippen LogP contribution in [0.25, 0.3) is 0 Å². The molecule has 0 radical (unpaired) electrons. The van der Waals surface area contributed by atoms with Crippen LogP contribution in [0.3, 0.4) is 0 Å². The molecule has 0 bridgehead atoms. The van der Waals surface area contributed by atoms with Gasteiger partial charge in [0.15, 0.2) is 0 Å². The predicted molar refractivity (Wildman–Crippen MR) is 70.5 cm³/mol. The first-order valence-corrected chi connectivity index (χ1v) is 9.53. The van der Waals surface area contributed by atoms with E-state index in [4.69, 9.17) is 4.55 Å². The molecule has 7 heteroatoms. The van der Waals surface area contributed by atoms with Gasteiger partial charge in [0.2, 0.25) is 0 Å². The molecule has 16 heavy (non-hydrogen) atoms. The third-order valence-electron chi connectivity index (χ3n) is 1.72. The predicted octanol–water partition coefficient (Wildman–Crippen LogP) is 1.22. The van der Waals surface area contributed by atoms with Crippen molar-refractivity contribution in [1.29, 1.82) is 0 Å². The van der Waals surface area contributed by atoms with Gasteiger partial charge in [-0.3, -0.25) is 0 Å². The minimum atomic E-state index is -4.18. The molecule has 0 atom stereocenters. The summed E-state index contributed by atoms with van der Waals surface area (Å²) >= 11 is -1.96. The van der Waals surface area contributed by atoms with Crippen LogP contribution in [-0.4, -0.2) is 34.0 Å². The number of hydrogen-bond acceptors (Lipinski definition) is 4. The van der Waals surface area contributed by atoms with Crippen LogP contribution >= 0.6 is 19.8 Å². The van der Waals surface area contributed by atoms with Gasteiger partial charge in [0.25, 0.3) is 0 Å². The Bertz CT molecular complexity index is 486. The molecule has 0 spiro atoms. The molecule has 1 aromatic carbocycles. The normalized spacial score (nSPS) is 13.1. The second kappa shape index (κ2) is 5.71. The van der Waals surface area contributed by atoms with Crippen LogP contribution in [0.1, 0.15) is 0 Å². The molecule has 0 saturated heterocycles. The summed E-state index contributed by atoms with van der Waals surface area (Å²) in [5, 5.41) is 9.17. The zero-order valence-electron chi connectivity index (χ0n) is 8.54. The summed E-state index contributed by atoms with van der Waals surface area (Å²) in [6.45, 7) is 0. The average molecular weight is 357 g/mol. The molecule has 0 aliphatic heterocycles. The summed E-state index contributed by atoms with van der Waals surface area (Å²) in [6.07, 6.45) is 0. The number of benzene rings is 1. The molecular formula is C9H12INO4S. The molecule has 0 saturated carbocycles. The summed E-state index contributed by atoms with van der Waals surface area (Å²) < 4.78 is 33.2. The van der Waals surface area contributed by atoms with Gasteiger partial charge in [-0.1, -0.05) is 0 Å². The van der Waals surface area contributed by atoms with Gasteiger partial charge in [-0.15, -0.1) is 0 Å². The van der Waals surface area contributed by atoms with Crippen molar-refractivity contribution in [3.05, 3.63) is 27.8 Å². The number of hydrogen-bond donors (Lipinski definition) is 2. The quantitative estimate of drug-likeness (QED) is 0.367. The molecule has 1 aromatic rings. The summed E-state index contributed by atoms with van der Waals surface area (Å²) in [7, 11) is -2.58. The van der Waals surface area contributed by atoms with Crippen LogP contribution in [0.2, 0.25) is 0 Å². The Kier molecular flexibility index (Phi) is 4.84. The molecule has 0 aliphatic carbocycles. The summed E-state index contributed by atoms with van der Waals surface area (Å²) in [5.74, 6) is 0. The fourth-order valence-corrected chi connectivity index (χ4v) is 4.76. The maximum absolute atomic E-state index is 10.9. The van der Waals surface area contributed by atoms with E-state index in [2.05, 4.69) is 4.99 Å². The zero-order valence-corrected chi connectivity index (χ0v) is 11.5. The molecule has 1 rings (SSSR count). The van der Waals surface area contributed by atoms with Crippen LogP contribution in [0.15, 0.2) is 34.2 Å². The van der Waals surface area contributed by atoms with E-state index in [1.165, 1.54) is 12.1 Å². The van der Waals surface area contributed by atoms with Gasteiger partial charge in [-0.2, -0.15) is 0 Å². The number of aliphatic hydroxyl groups excluding tert-OH is 1. The van der Waals surface area contributed by atoms with E-state index >= 15 is 0 Å². The molecule has 0 heterocycles. The first-order valence-electron chi connectivity index (χ1n) is 4.24. The molecule has 0 fully saturated rings. The van der Waals surface area contributed by atoms with E-state index in [1.807, 2.05) is 0 Å². The van der Waals surface area contributed by atoms with Gasteiger partial charge in [0.05, 0.1) is 0 Å². The second-order valence-electron chi connectivity index (χ2n) is 2.80. The SMILES string of the molecule is CN=CI(CO)c1cccc(S(=O)(=O)O)c1. The van der Waals surface area contributed by atoms with Crippen molar-refractivity contribution in [2.75, 3.05) is 11.7 Å². The van der Waals surface area contributed by atoms with Crippen LogP contribution in [0, 0.1) is 3.57 Å². The van der Waals surface area contributed by atoms with Gasteiger partial charge in [0, 0.05) is 0 Å². The molecule has 5 nitrogen and oxygen atoms in total. The molecule has 90 valence electrons. The topological polar surface area (TPSA) is 87.0 Å². The van der Waals surface area contributed by atoms with Crippen molar-refractivity contribution in [2.45, 2.75) is 4.90 Å². The monoisotopic (exact) mass is 357 g/mol. The third-order valence-corrected chi connectivity index (χ3v) is 6.80. The maximum atomic E-state index is 10.9. The second-order valence-corrected chi connectivity index (χ2v) is 8.98. The number of nitrogens with zero attached hydrogens (tertiary/aromatic N) is 1. The van der Waals surface area contributed by atoms with Gasteiger partial charge >= 0.3 is 102 Å². The Balaban J connectivity index is 3.16. The van der Waals surface area contributed by atoms with Crippen molar-refractivity contribution < 1.29 is 18.1 Å². The number of rotatable bonds is 4. The van der Waals surface area contributed by atoms with Crippen molar-refractivity contribution in [1.82, 2.24) is 0 Å². The van der Waals surface area contributed by atoms with Crippen molar-refractivity contribution in [3.63, 3.8) is 0 Å². The van der Waals surface area contributed by atoms with Gasteiger partial charge in [0.1, 0.15) is 0 Å². The summed E-state index contributed by atoms with van der Waals surface area (Å²) in [6, 6.07) is 5.98. The molecular weight excluding hydrogens is 345 g/mol. The molecule has 0 aromatic heterocycles. The van der Waals surface area contributed by atoms with Crippen molar-refractivity contribution in [2.24, 2.45) is 4.99 Å². The number of aliphatic imine (C=N–C) groups is 1. The minimum absolute atomic E-state index is 0.0177. The Morgan fingerprint density at radius 3 is 2.69 bits per heavy atom. The van der Waals surface area contributed by atoms with E-state index in [1.54, 1.807) is 23.4 Å². The molecule has 0 aliphatic rings. The standard InChI is InChI=1S/C9H12INO4S/c1-11-6-10(7-12)8-3-2-4-9(5-8)16(13,14)15/h2-6,12H,7H2,1H3,(H,13,14,15). The van der Waals surface area contributed by atoms with Crippen molar-refractivity contribution >= 4 is 34.2 Å². The molecule has 0 amide bonds. The van der Waals surface area contributed by atoms with Crippen LogP contribution in [-0.2, 0) is 10.1 Å². The number of aliphatic hydroxyl groups is 1. The summed E-state index contributed by atoms with van der Waals surface area (Å²) in [4.78, 5) is 3.70.